The number of nitrogen functional groups attached to an aromatic ring is 1. The minimum absolute atomic E-state index is 0.180. The first-order valence-corrected chi connectivity index (χ1v) is 5.97. The van der Waals surface area contributed by atoms with Crippen LogP contribution >= 0.6 is 0 Å². The summed E-state index contributed by atoms with van der Waals surface area (Å²) in [5.74, 6) is 0.677. The first kappa shape index (κ1) is 11.9. The number of nitrogens with one attached hydrogen (secondary N) is 1. The Bertz CT molecular complexity index is 391. The minimum atomic E-state index is 0.180. The molecule has 2 rings (SSSR count). The molecule has 0 saturated heterocycles. The maximum absolute atomic E-state index is 5.57. The summed E-state index contributed by atoms with van der Waals surface area (Å²) in [6, 6.07) is 0.250. The molecular weight excluding hydrogens is 218 g/mol. The van der Waals surface area contributed by atoms with E-state index in [4.69, 9.17) is 10.5 Å². The SMILES string of the molecule is CCCC1(CNc2nc(N)nc(OC)n2)CC1. The summed E-state index contributed by atoms with van der Waals surface area (Å²) in [4.78, 5) is 12.0. The lowest BCUT2D eigenvalue weighted by Crippen LogP contribution is -2.17. The Balaban J connectivity index is 1.97. The zero-order valence-corrected chi connectivity index (χ0v) is 10.4. The zero-order valence-electron chi connectivity index (χ0n) is 10.4. The lowest BCUT2D eigenvalue weighted by Gasteiger charge is -2.14. The number of nitrogens with zero attached hydrogens (tertiary/aromatic N) is 3. The van der Waals surface area contributed by atoms with Gasteiger partial charge in [0.1, 0.15) is 0 Å². The van der Waals surface area contributed by atoms with Gasteiger partial charge in [-0.1, -0.05) is 13.3 Å². The molecule has 1 heterocycles. The number of rotatable bonds is 6. The van der Waals surface area contributed by atoms with E-state index in [0.717, 1.165) is 6.54 Å². The monoisotopic (exact) mass is 237 g/mol. The van der Waals surface area contributed by atoms with Gasteiger partial charge in [-0.2, -0.15) is 15.0 Å². The van der Waals surface area contributed by atoms with Crippen LogP contribution in [0.4, 0.5) is 11.9 Å². The second kappa shape index (κ2) is 4.73. The highest BCUT2D eigenvalue weighted by Crippen LogP contribution is 2.49. The molecule has 1 aliphatic rings. The van der Waals surface area contributed by atoms with Crippen LogP contribution in [-0.2, 0) is 0 Å². The van der Waals surface area contributed by atoms with Gasteiger partial charge in [-0.15, -0.1) is 0 Å². The molecule has 17 heavy (non-hydrogen) atoms. The van der Waals surface area contributed by atoms with E-state index in [0.29, 0.717) is 11.4 Å². The number of nitrogens with two attached hydrogens (primary N) is 1. The Morgan fingerprint density at radius 1 is 1.35 bits per heavy atom. The van der Waals surface area contributed by atoms with E-state index in [1.165, 1.54) is 32.8 Å². The lowest BCUT2D eigenvalue weighted by atomic mass is 10.0. The molecular formula is C11H19N5O. The molecule has 1 aliphatic carbocycles. The Hall–Kier alpha value is -1.59. The first-order valence-electron chi connectivity index (χ1n) is 5.97. The molecule has 6 heteroatoms. The number of hydrogen-bond donors (Lipinski definition) is 2. The average Bonchev–Trinajstić information content (AvgIpc) is 3.07. The second-order valence-electron chi connectivity index (χ2n) is 4.61. The van der Waals surface area contributed by atoms with Crippen molar-refractivity contribution in [3.63, 3.8) is 0 Å². The number of methoxy groups -OCH3 is 1. The average molecular weight is 237 g/mol. The normalized spacial score (nSPS) is 16.6. The predicted octanol–water partition coefficient (Wildman–Crippen LogP) is 1.45. The maximum Gasteiger partial charge on any atom is 0.322 e. The molecule has 0 spiro atoms. The van der Waals surface area contributed by atoms with Crippen molar-refractivity contribution in [2.75, 3.05) is 24.7 Å². The van der Waals surface area contributed by atoms with Gasteiger partial charge in [0.15, 0.2) is 0 Å². The minimum Gasteiger partial charge on any atom is -0.467 e. The highest BCUT2D eigenvalue weighted by atomic mass is 16.5. The highest BCUT2D eigenvalue weighted by Gasteiger charge is 2.41. The maximum atomic E-state index is 5.57. The number of ether oxygens (including phenoxy) is 1. The molecule has 0 bridgehead atoms. The molecule has 0 atom stereocenters. The van der Waals surface area contributed by atoms with Gasteiger partial charge in [-0.3, -0.25) is 0 Å². The molecule has 0 aliphatic heterocycles. The van der Waals surface area contributed by atoms with Crippen LogP contribution in [0.3, 0.4) is 0 Å². The van der Waals surface area contributed by atoms with Crippen LogP contribution in [0, 0.1) is 5.41 Å². The summed E-state index contributed by atoms with van der Waals surface area (Å²) < 4.78 is 4.95. The molecule has 0 aromatic carbocycles. The Kier molecular flexibility index (Phi) is 3.31. The van der Waals surface area contributed by atoms with E-state index >= 15 is 0 Å². The van der Waals surface area contributed by atoms with Crippen LogP contribution in [0.5, 0.6) is 6.01 Å². The van der Waals surface area contributed by atoms with E-state index in [1.54, 1.807) is 0 Å². The van der Waals surface area contributed by atoms with Crippen LogP contribution in [0.1, 0.15) is 32.6 Å². The fourth-order valence-electron chi connectivity index (χ4n) is 2.03. The molecule has 1 fully saturated rings. The van der Waals surface area contributed by atoms with Gasteiger partial charge < -0.3 is 15.8 Å². The Labute approximate surface area is 101 Å². The first-order chi connectivity index (χ1) is 8.17. The molecule has 1 aromatic heterocycles. The lowest BCUT2D eigenvalue weighted by molar-refractivity contribution is 0.379. The molecule has 1 saturated carbocycles. The van der Waals surface area contributed by atoms with Crippen molar-refractivity contribution >= 4 is 11.9 Å². The van der Waals surface area contributed by atoms with Crippen molar-refractivity contribution in [1.29, 1.82) is 0 Å². The van der Waals surface area contributed by atoms with Gasteiger partial charge in [0, 0.05) is 6.54 Å². The molecule has 1 aromatic rings. The van der Waals surface area contributed by atoms with Crippen LogP contribution in [0.2, 0.25) is 0 Å². The fourth-order valence-corrected chi connectivity index (χ4v) is 2.03. The Morgan fingerprint density at radius 3 is 2.71 bits per heavy atom. The quantitative estimate of drug-likeness (QED) is 0.779. The van der Waals surface area contributed by atoms with Crippen molar-refractivity contribution in [2.45, 2.75) is 32.6 Å². The molecule has 0 unspecified atom stereocenters. The van der Waals surface area contributed by atoms with Gasteiger partial charge in [-0.25, -0.2) is 0 Å². The summed E-state index contributed by atoms with van der Waals surface area (Å²) in [6.07, 6.45) is 5.03. The summed E-state index contributed by atoms with van der Waals surface area (Å²) in [5, 5.41) is 3.23. The standard InChI is InChI=1S/C11H19N5O/c1-3-4-11(5-6-11)7-13-9-14-8(12)15-10(16-9)17-2/h3-7H2,1-2H3,(H3,12,13,14,15,16). The van der Waals surface area contributed by atoms with Crippen LogP contribution in [-0.4, -0.2) is 28.6 Å². The van der Waals surface area contributed by atoms with Gasteiger partial charge in [-0.05, 0) is 24.7 Å². The molecule has 0 amide bonds. The summed E-state index contributed by atoms with van der Waals surface area (Å²) >= 11 is 0. The topological polar surface area (TPSA) is 86.0 Å². The van der Waals surface area contributed by atoms with Crippen LogP contribution in [0.15, 0.2) is 0 Å². The highest BCUT2D eigenvalue weighted by molar-refractivity contribution is 5.33. The van der Waals surface area contributed by atoms with Gasteiger partial charge in [0.25, 0.3) is 0 Å². The van der Waals surface area contributed by atoms with Gasteiger partial charge >= 0.3 is 6.01 Å². The predicted molar refractivity (Wildman–Crippen MR) is 65.9 cm³/mol. The van der Waals surface area contributed by atoms with Crippen LogP contribution in [0.25, 0.3) is 0 Å². The van der Waals surface area contributed by atoms with E-state index in [1.807, 2.05) is 0 Å². The van der Waals surface area contributed by atoms with Crippen molar-refractivity contribution in [3.8, 4) is 6.01 Å². The third kappa shape index (κ3) is 2.95. The van der Waals surface area contributed by atoms with E-state index in [-0.39, 0.29) is 12.0 Å². The third-order valence-electron chi connectivity index (χ3n) is 3.17. The van der Waals surface area contributed by atoms with Crippen molar-refractivity contribution in [1.82, 2.24) is 15.0 Å². The molecule has 94 valence electrons. The molecule has 3 N–H and O–H groups in total. The van der Waals surface area contributed by atoms with E-state index in [9.17, 15) is 0 Å². The zero-order chi connectivity index (χ0) is 12.3. The summed E-state index contributed by atoms with van der Waals surface area (Å²) in [5.41, 5.74) is 6.01. The van der Waals surface area contributed by atoms with Gasteiger partial charge in [0.2, 0.25) is 11.9 Å². The summed E-state index contributed by atoms with van der Waals surface area (Å²) in [6.45, 7) is 3.11. The van der Waals surface area contributed by atoms with E-state index < -0.39 is 0 Å². The second-order valence-corrected chi connectivity index (χ2v) is 4.61. The summed E-state index contributed by atoms with van der Waals surface area (Å²) in [7, 11) is 1.51. The third-order valence-corrected chi connectivity index (χ3v) is 3.17. The molecule has 6 nitrogen and oxygen atoms in total. The van der Waals surface area contributed by atoms with E-state index in [2.05, 4.69) is 27.2 Å². The Morgan fingerprint density at radius 2 is 2.12 bits per heavy atom. The van der Waals surface area contributed by atoms with Gasteiger partial charge in [0.05, 0.1) is 7.11 Å². The van der Waals surface area contributed by atoms with Crippen LogP contribution < -0.4 is 15.8 Å². The largest absolute Gasteiger partial charge is 0.467 e. The number of hydrogen-bond acceptors (Lipinski definition) is 6. The van der Waals surface area contributed by atoms with Crippen molar-refractivity contribution in [2.24, 2.45) is 5.41 Å². The number of anilines is 2. The molecule has 0 radical (unpaired) electrons. The van der Waals surface area contributed by atoms with Crippen molar-refractivity contribution in [3.05, 3.63) is 0 Å². The van der Waals surface area contributed by atoms with Crippen molar-refractivity contribution < 1.29 is 4.74 Å². The fraction of sp³-hybridized carbons (Fsp3) is 0.727. The smallest absolute Gasteiger partial charge is 0.322 e. The number of aromatic nitrogens is 3.